The van der Waals surface area contributed by atoms with E-state index in [1.807, 2.05) is 0 Å². The summed E-state index contributed by atoms with van der Waals surface area (Å²) >= 11 is 0. The number of carbonyl (C=O) groups excluding carboxylic acids is 1. The highest BCUT2D eigenvalue weighted by Crippen LogP contribution is 1.97. The number of hydrazine groups is 1. The van der Waals surface area contributed by atoms with Crippen molar-refractivity contribution in [1.82, 2.24) is 10.4 Å². The first-order valence-electron chi connectivity index (χ1n) is 4.31. The van der Waals surface area contributed by atoms with Crippen LogP contribution in [0.25, 0.3) is 0 Å². The summed E-state index contributed by atoms with van der Waals surface area (Å²) in [4.78, 5) is 11.2. The summed E-state index contributed by atoms with van der Waals surface area (Å²) in [6.07, 6.45) is 2.83. The van der Waals surface area contributed by atoms with Crippen LogP contribution in [-0.4, -0.2) is 31.1 Å². The van der Waals surface area contributed by atoms with E-state index in [9.17, 15) is 4.79 Å². The first-order valence-corrected chi connectivity index (χ1v) is 4.31. The van der Waals surface area contributed by atoms with Gasteiger partial charge in [0, 0.05) is 14.1 Å². The summed E-state index contributed by atoms with van der Waals surface area (Å²) in [6, 6.07) is -0.368. The Morgan fingerprint density at radius 3 is 2.58 bits per heavy atom. The van der Waals surface area contributed by atoms with Crippen LogP contribution >= 0.6 is 0 Å². The molecule has 1 unspecified atom stereocenters. The van der Waals surface area contributed by atoms with Crippen LogP contribution in [0.15, 0.2) is 0 Å². The molecule has 0 aliphatic carbocycles. The molecule has 1 atom stereocenters. The number of hydrogen-bond donors (Lipinski definition) is 2. The zero-order chi connectivity index (χ0) is 9.56. The van der Waals surface area contributed by atoms with Crippen molar-refractivity contribution < 1.29 is 4.79 Å². The van der Waals surface area contributed by atoms with Crippen LogP contribution in [0.2, 0.25) is 0 Å². The van der Waals surface area contributed by atoms with Crippen molar-refractivity contribution in [2.45, 2.75) is 32.2 Å². The van der Waals surface area contributed by atoms with Gasteiger partial charge < -0.3 is 5.73 Å². The highest BCUT2D eigenvalue weighted by Gasteiger charge is 2.12. The number of unbranched alkanes of at least 4 members (excludes halogenated alkanes) is 1. The topological polar surface area (TPSA) is 58.4 Å². The molecule has 0 radical (unpaired) electrons. The Labute approximate surface area is 74.1 Å². The fourth-order valence-corrected chi connectivity index (χ4v) is 0.858. The molecular weight excluding hydrogens is 154 g/mol. The van der Waals surface area contributed by atoms with Gasteiger partial charge in [-0.1, -0.05) is 19.8 Å². The smallest absolute Gasteiger partial charge is 0.251 e. The van der Waals surface area contributed by atoms with Crippen molar-refractivity contribution in [3.8, 4) is 0 Å². The van der Waals surface area contributed by atoms with Crippen molar-refractivity contribution >= 4 is 5.91 Å². The SMILES string of the molecule is CCCCC(N)C(=O)NN(C)C. The maximum atomic E-state index is 11.2. The molecule has 72 valence electrons. The van der Waals surface area contributed by atoms with E-state index in [-0.39, 0.29) is 11.9 Å². The van der Waals surface area contributed by atoms with Gasteiger partial charge in [0.15, 0.2) is 0 Å². The van der Waals surface area contributed by atoms with E-state index in [0.717, 1.165) is 19.3 Å². The van der Waals surface area contributed by atoms with Gasteiger partial charge in [-0.05, 0) is 6.42 Å². The highest BCUT2D eigenvalue weighted by atomic mass is 16.2. The Morgan fingerprint density at radius 1 is 1.58 bits per heavy atom. The van der Waals surface area contributed by atoms with E-state index in [1.54, 1.807) is 19.1 Å². The summed E-state index contributed by atoms with van der Waals surface area (Å²) in [6.45, 7) is 2.08. The average Bonchev–Trinajstić information content (AvgIpc) is 1.98. The van der Waals surface area contributed by atoms with Gasteiger partial charge in [0.25, 0.3) is 5.91 Å². The number of rotatable bonds is 5. The van der Waals surface area contributed by atoms with Gasteiger partial charge in [-0.15, -0.1) is 0 Å². The van der Waals surface area contributed by atoms with E-state index in [0.29, 0.717) is 0 Å². The zero-order valence-corrected chi connectivity index (χ0v) is 8.13. The number of carbonyl (C=O) groups is 1. The van der Waals surface area contributed by atoms with Crippen LogP contribution in [0.4, 0.5) is 0 Å². The zero-order valence-electron chi connectivity index (χ0n) is 8.13. The van der Waals surface area contributed by atoms with Gasteiger partial charge in [0.05, 0.1) is 6.04 Å². The van der Waals surface area contributed by atoms with Gasteiger partial charge in [0.1, 0.15) is 0 Å². The second kappa shape index (κ2) is 5.97. The Kier molecular flexibility index (Phi) is 5.66. The van der Waals surface area contributed by atoms with E-state index in [1.165, 1.54) is 0 Å². The molecule has 12 heavy (non-hydrogen) atoms. The molecule has 0 aromatic rings. The summed E-state index contributed by atoms with van der Waals surface area (Å²) in [5.41, 5.74) is 8.23. The quantitative estimate of drug-likeness (QED) is 0.580. The fourth-order valence-electron chi connectivity index (χ4n) is 0.858. The van der Waals surface area contributed by atoms with Crippen LogP contribution in [0.3, 0.4) is 0 Å². The highest BCUT2D eigenvalue weighted by molar-refractivity contribution is 5.80. The molecule has 4 heteroatoms. The predicted molar refractivity (Wildman–Crippen MR) is 49.3 cm³/mol. The van der Waals surface area contributed by atoms with Gasteiger partial charge in [0.2, 0.25) is 0 Å². The Balaban J connectivity index is 3.61. The molecule has 0 aromatic heterocycles. The lowest BCUT2D eigenvalue weighted by molar-refractivity contribution is -0.126. The fraction of sp³-hybridized carbons (Fsp3) is 0.875. The molecule has 0 aromatic carbocycles. The third-order valence-corrected chi connectivity index (χ3v) is 1.54. The Hall–Kier alpha value is -0.610. The van der Waals surface area contributed by atoms with Crippen LogP contribution in [0.1, 0.15) is 26.2 Å². The Morgan fingerprint density at radius 2 is 2.17 bits per heavy atom. The van der Waals surface area contributed by atoms with Crippen molar-refractivity contribution in [1.29, 1.82) is 0 Å². The van der Waals surface area contributed by atoms with Crippen molar-refractivity contribution in [3.05, 3.63) is 0 Å². The molecular formula is C8H19N3O. The van der Waals surface area contributed by atoms with Crippen molar-refractivity contribution in [3.63, 3.8) is 0 Å². The molecule has 0 saturated heterocycles. The summed E-state index contributed by atoms with van der Waals surface area (Å²) in [5, 5.41) is 1.61. The molecule has 0 saturated carbocycles. The maximum absolute atomic E-state index is 11.2. The summed E-state index contributed by atoms with van der Waals surface area (Å²) < 4.78 is 0. The van der Waals surface area contributed by atoms with Crippen molar-refractivity contribution in [2.24, 2.45) is 5.73 Å². The largest absolute Gasteiger partial charge is 0.320 e. The van der Waals surface area contributed by atoms with Crippen LogP contribution in [0.5, 0.6) is 0 Å². The number of nitrogens with zero attached hydrogens (tertiary/aromatic N) is 1. The molecule has 0 aliphatic rings. The number of hydrogen-bond acceptors (Lipinski definition) is 3. The van der Waals surface area contributed by atoms with E-state index < -0.39 is 0 Å². The number of nitrogens with two attached hydrogens (primary N) is 1. The van der Waals surface area contributed by atoms with E-state index >= 15 is 0 Å². The Bertz CT molecular complexity index is 136. The molecule has 1 amide bonds. The molecule has 4 nitrogen and oxygen atoms in total. The van der Waals surface area contributed by atoms with Gasteiger partial charge in [-0.3, -0.25) is 10.2 Å². The standard InChI is InChI=1S/C8H19N3O/c1-4-5-6-7(9)8(12)10-11(2)3/h7H,4-6,9H2,1-3H3,(H,10,12). The third kappa shape index (κ3) is 5.09. The minimum atomic E-state index is -0.368. The minimum Gasteiger partial charge on any atom is -0.320 e. The number of amides is 1. The normalized spacial score (nSPS) is 13.1. The predicted octanol–water partition coefficient (Wildman–Crippen LogP) is 0.0967. The lowest BCUT2D eigenvalue weighted by Crippen LogP contribution is -2.46. The lowest BCUT2D eigenvalue weighted by Gasteiger charge is -2.15. The third-order valence-electron chi connectivity index (χ3n) is 1.54. The van der Waals surface area contributed by atoms with E-state index in [4.69, 9.17) is 5.73 Å². The van der Waals surface area contributed by atoms with Crippen LogP contribution in [0, 0.1) is 0 Å². The van der Waals surface area contributed by atoms with Crippen LogP contribution < -0.4 is 11.2 Å². The van der Waals surface area contributed by atoms with Gasteiger partial charge >= 0.3 is 0 Å². The monoisotopic (exact) mass is 173 g/mol. The molecule has 0 fully saturated rings. The molecule has 3 N–H and O–H groups in total. The molecule has 0 bridgehead atoms. The first-order chi connectivity index (χ1) is 5.57. The minimum absolute atomic E-state index is 0.103. The molecule has 0 aliphatic heterocycles. The lowest BCUT2D eigenvalue weighted by atomic mass is 10.1. The van der Waals surface area contributed by atoms with Crippen molar-refractivity contribution in [2.75, 3.05) is 14.1 Å². The average molecular weight is 173 g/mol. The van der Waals surface area contributed by atoms with Gasteiger partial charge in [-0.2, -0.15) is 0 Å². The first kappa shape index (κ1) is 11.4. The molecule has 0 rings (SSSR count). The molecule has 0 heterocycles. The second-order valence-electron chi connectivity index (χ2n) is 3.12. The number of nitrogens with one attached hydrogen (secondary N) is 1. The summed E-state index contributed by atoms with van der Waals surface area (Å²) in [5.74, 6) is -0.103. The molecule has 0 spiro atoms. The van der Waals surface area contributed by atoms with E-state index in [2.05, 4.69) is 12.3 Å². The maximum Gasteiger partial charge on any atom is 0.251 e. The second-order valence-corrected chi connectivity index (χ2v) is 3.12. The summed E-state index contributed by atoms with van der Waals surface area (Å²) in [7, 11) is 3.54. The van der Waals surface area contributed by atoms with Gasteiger partial charge in [-0.25, -0.2) is 5.01 Å². The van der Waals surface area contributed by atoms with Crippen LogP contribution in [-0.2, 0) is 4.79 Å².